The molecule has 0 saturated carbocycles. The maximum atomic E-state index is 12.7. The van der Waals surface area contributed by atoms with Crippen LogP contribution in [-0.4, -0.2) is 72.5 Å². The molecule has 1 aliphatic rings. The summed E-state index contributed by atoms with van der Waals surface area (Å²) in [5, 5.41) is 9.06. The third-order valence-electron chi connectivity index (χ3n) is 5.76. The number of fused-ring (bicyclic) bond motifs is 1. The number of amides is 1. The Morgan fingerprint density at radius 2 is 2.08 bits per heavy atom. The van der Waals surface area contributed by atoms with Crippen LogP contribution in [0.1, 0.15) is 64.6 Å². The molecule has 0 saturated heterocycles. The first-order valence-corrected chi connectivity index (χ1v) is 13.0. The van der Waals surface area contributed by atoms with Crippen molar-refractivity contribution in [2.75, 3.05) is 38.0 Å². The first-order chi connectivity index (χ1) is 17.2. The summed E-state index contributed by atoms with van der Waals surface area (Å²) in [6.45, 7) is 14.4. The first kappa shape index (κ1) is 29.3. The van der Waals surface area contributed by atoms with Crippen molar-refractivity contribution in [3.8, 4) is 0 Å². The van der Waals surface area contributed by atoms with Crippen molar-refractivity contribution < 1.29 is 14.3 Å². The molecule has 200 valence electrons. The van der Waals surface area contributed by atoms with Gasteiger partial charge < -0.3 is 25.6 Å². The van der Waals surface area contributed by atoms with Crippen molar-refractivity contribution >= 4 is 24.0 Å². The predicted octanol–water partition coefficient (Wildman–Crippen LogP) is 3.06. The largest absolute Gasteiger partial charge is 0.458 e. The van der Waals surface area contributed by atoms with E-state index in [1.807, 2.05) is 20.8 Å². The summed E-state index contributed by atoms with van der Waals surface area (Å²) in [4.78, 5) is 35.5. The second kappa shape index (κ2) is 15.2. The SMILES string of the molecule is C=CNC=N[C@@H](CCN(CCCCc1ccc2c(n1)NCCC2)CCNC(C)=O)C(=O)OC(C)(C)C. The van der Waals surface area contributed by atoms with Crippen LogP contribution >= 0.6 is 0 Å². The van der Waals surface area contributed by atoms with Gasteiger partial charge in [0.1, 0.15) is 11.4 Å². The minimum absolute atomic E-state index is 0.0474. The molecule has 9 nitrogen and oxygen atoms in total. The highest BCUT2D eigenvalue weighted by Gasteiger charge is 2.25. The number of nitrogens with zero attached hydrogens (tertiary/aromatic N) is 3. The Labute approximate surface area is 216 Å². The molecule has 36 heavy (non-hydrogen) atoms. The van der Waals surface area contributed by atoms with E-state index >= 15 is 0 Å². The van der Waals surface area contributed by atoms with Crippen LogP contribution in [-0.2, 0) is 27.2 Å². The van der Waals surface area contributed by atoms with Gasteiger partial charge in [0.15, 0.2) is 6.04 Å². The number of unbranched alkanes of at least 4 members (excludes halogenated alkanes) is 1. The van der Waals surface area contributed by atoms with Crippen LogP contribution in [0.2, 0.25) is 0 Å². The Morgan fingerprint density at radius 1 is 1.28 bits per heavy atom. The Bertz CT molecular complexity index is 881. The van der Waals surface area contributed by atoms with Gasteiger partial charge in [-0.05, 0) is 83.7 Å². The lowest BCUT2D eigenvalue weighted by Gasteiger charge is -2.25. The molecule has 0 aromatic carbocycles. The van der Waals surface area contributed by atoms with Gasteiger partial charge in [0.2, 0.25) is 5.91 Å². The number of ether oxygens (including phenoxy) is 1. The van der Waals surface area contributed by atoms with E-state index in [4.69, 9.17) is 9.72 Å². The minimum atomic E-state index is -0.618. The first-order valence-electron chi connectivity index (χ1n) is 13.0. The Morgan fingerprint density at radius 3 is 2.81 bits per heavy atom. The zero-order valence-electron chi connectivity index (χ0n) is 22.4. The fourth-order valence-corrected chi connectivity index (χ4v) is 3.99. The Kier molecular flexibility index (Phi) is 12.4. The van der Waals surface area contributed by atoms with Crippen molar-refractivity contribution in [1.82, 2.24) is 20.5 Å². The number of aromatic nitrogens is 1. The van der Waals surface area contributed by atoms with E-state index in [1.165, 1.54) is 25.0 Å². The molecule has 1 aromatic heterocycles. The number of aryl methyl sites for hydroxylation is 2. The number of esters is 1. The molecule has 1 amide bonds. The van der Waals surface area contributed by atoms with Gasteiger partial charge in [0.25, 0.3) is 0 Å². The predicted molar refractivity (Wildman–Crippen MR) is 145 cm³/mol. The maximum absolute atomic E-state index is 12.7. The third kappa shape index (κ3) is 11.7. The second-order valence-corrected chi connectivity index (χ2v) is 10.1. The van der Waals surface area contributed by atoms with E-state index in [1.54, 1.807) is 0 Å². The fraction of sp³-hybridized carbons (Fsp3) is 0.630. The highest BCUT2D eigenvalue weighted by molar-refractivity contribution is 5.78. The fourth-order valence-electron chi connectivity index (χ4n) is 3.99. The summed E-state index contributed by atoms with van der Waals surface area (Å²) in [5.74, 6) is 0.641. The van der Waals surface area contributed by atoms with Crippen LogP contribution in [0.4, 0.5) is 5.82 Å². The molecule has 9 heteroatoms. The molecule has 2 rings (SSSR count). The molecular formula is C27H44N6O3. The number of aliphatic imine (C=N–C) groups is 1. The normalized spacial score (nSPS) is 14.1. The Balaban J connectivity index is 1.91. The highest BCUT2D eigenvalue weighted by atomic mass is 16.6. The van der Waals surface area contributed by atoms with Gasteiger partial charge in [0.05, 0.1) is 6.34 Å². The molecule has 0 radical (unpaired) electrons. The molecular weight excluding hydrogens is 456 g/mol. The molecule has 2 heterocycles. The molecule has 0 fully saturated rings. The number of carbonyl (C=O) groups is 2. The monoisotopic (exact) mass is 500 g/mol. The van der Waals surface area contributed by atoms with Gasteiger partial charge in [0, 0.05) is 38.8 Å². The number of rotatable bonds is 15. The third-order valence-corrected chi connectivity index (χ3v) is 5.76. The molecule has 1 aliphatic heterocycles. The van der Waals surface area contributed by atoms with Gasteiger partial charge in [-0.15, -0.1) is 0 Å². The van der Waals surface area contributed by atoms with Gasteiger partial charge in [-0.25, -0.2) is 9.78 Å². The zero-order valence-corrected chi connectivity index (χ0v) is 22.4. The quantitative estimate of drug-likeness (QED) is 0.147. The number of pyridine rings is 1. The van der Waals surface area contributed by atoms with Crippen LogP contribution in [0.25, 0.3) is 0 Å². The molecule has 0 unspecified atom stereocenters. The van der Waals surface area contributed by atoms with Crippen LogP contribution in [0, 0.1) is 0 Å². The number of hydrogen-bond donors (Lipinski definition) is 3. The molecule has 3 N–H and O–H groups in total. The van der Waals surface area contributed by atoms with Gasteiger partial charge >= 0.3 is 5.97 Å². The summed E-state index contributed by atoms with van der Waals surface area (Å²) in [6.07, 6.45) is 8.68. The van der Waals surface area contributed by atoms with Crippen molar-refractivity contribution in [2.24, 2.45) is 4.99 Å². The summed E-state index contributed by atoms with van der Waals surface area (Å²) in [5.41, 5.74) is 1.84. The van der Waals surface area contributed by atoms with Crippen LogP contribution in [0.5, 0.6) is 0 Å². The smallest absolute Gasteiger partial charge is 0.331 e. The summed E-state index contributed by atoms with van der Waals surface area (Å²) >= 11 is 0. The average molecular weight is 501 g/mol. The lowest BCUT2D eigenvalue weighted by Crippen LogP contribution is -2.38. The van der Waals surface area contributed by atoms with Crippen molar-refractivity contribution in [1.29, 1.82) is 0 Å². The molecule has 1 atom stereocenters. The van der Waals surface area contributed by atoms with E-state index in [-0.39, 0.29) is 11.9 Å². The molecule has 1 aromatic rings. The Hall–Kier alpha value is -2.94. The lowest BCUT2D eigenvalue weighted by atomic mass is 10.1. The lowest BCUT2D eigenvalue weighted by molar-refractivity contribution is -0.156. The maximum Gasteiger partial charge on any atom is 0.331 e. The number of nitrogens with one attached hydrogen (secondary N) is 3. The molecule has 0 spiro atoms. The summed E-state index contributed by atoms with van der Waals surface area (Å²) in [6, 6.07) is 3.72. The minimum Gasteiger partial charge on any atom is -0.458 e. The standard InChI is InChI=1S/C27H44N6O3/c1-6-28-20-31-24(26(35)36-27(3,4)5)14-18-33(19-16-29-21(2)34)17-8-7-11-23-13-12-22-10-9-15-30-25(22)32-23/h6,12-13,20,24H,1,7-11,14-19H2,2-5H3,(H,28,31)(H,29,34)(H,30,32)/t24-/m0/s1. The second-order valence-electron chi connectivity index (χ2n) is 10.1. The van der Waals surface area contributed by atoms with Gasteiger partial charge in [-0.1, -0.05) is 12.6 Å². The van der Waals surface area contributed by atoms with E-state index in [0.29, 0.717) is 26.1 Å². The number of anilines is 1. The summed E-state index contributed by atoms with van der Waals surface area (Å²) < 4.78 is 5.57. The van der Waals surface area contributed by atoms with Crippen LogP contribution in [0.15, 0.2) is 29.9 Å². The highest BCUT2D eigenvalue weighted by Crippen LogP contribution is 2.20. The number of hydrogen-bond acceptors (Lipinski definition) is 7. The van der Waals surface area contributed by atoms with Gasteiger partial charge in [-0.2, -0.15) is 0 Å². The van der Waals surface area contributed by atoms with Crippen LogP contribution in [0.3, 0.4) is 0 Å². The summed E-state index contributed by atoms with van der Waals surface area (Å²) in [7, 11) is 0. The topological polar surface area (TPSA) is 108 Å². The van der Waals surface area contributed by atoms with E-state index in [0.717, 1.165) is 56.7 Å². The molecule has 0 aliphatic carbocycles. The van der Waals surface area contributed by atoms with Crippen molar-refractivity contribution in [2.45, 2.75) is 77.9 Å². The molecule has 0 bridgehead atoms. The van der Waals surface area contributed by atoms with E-state index in [2.05, 4.69) is 44.6 Å². The van der Waals surface area contributed by atoms with Crippen molar-refractivity contribution in [3.05, 3.63) is 36.2 Å². The average Bonchev–Trinajstić information content (AvgIpc) is 2.82. The van der Waals surface area contributed by atoms with Gasteiger partial charge in [-0.3, -0.25) is 9.79 Å². The van der Waals surface area contributed by atoms with E-state index in [9.17, 15) is 9.59 Å². The van der Waals surface area contributed by atoms with Crippen LogP contribution < -0.4 is 16.0 Å². The number of carbonyl (C=O) groups excluding carboxylic acids is 2. The van der Waals surface area contributed by atoms with Crippen molar-refractivity contribution in [3.63, 3.8) is 0 Å². The van der Waals surface area contributed by atoms with E-state index < -0.39 is 11.6 Å². The zero-order chi connectivity index (χ0) is 26.4.